The first kappa shape index (κ1) is 19.6. The van der Waals surface area contributed by atoms with Gasteiger partial charge in [0.1, 0.15) is 5.75 Å². The van der Waals surface area contributed by atoms with Gasteiger partial charge in [0.05, 0.1) is 6.33 Å². The quantitative estimate of drug-likeness (QED) is 0.531. The molecule has 0 bridgehead atoms. The smallest absolute Gasteiger partial charge is 0.262 e. The van der Waals surface area contributed by atoms with Crippen molar-refractivity contribution in [2.45, 2.75) is 26.4 Å². The first-order valence-electron chi connectivity index (χ1n) is 9.44. The van der Waals surface area contributed by atoms with Crippen molar-refractivity contribution in [1.82, 2.24) is 14.9 Å². The fraction of sp³-hybridized carbons (Fsp3) is 0.273. The minimum atomic E-state index is -0.174. The molecular formula is C22H26N4O2. The molecule has 0 aliphatic rings. The Morgan fingerprint density at radius 1 is 1.18 bits per heavy atom. The second kappa shape index (κ2) is 10.3. The third kappa shape index (κ3) is 6.55. The maximum absolute atomic E-state index is 12.0. The van der Waals surface area contributed by atoms with Crippen molar-refractivity contribution >= 4 is 11.6 Å². The second-order valence-electron chi connectivity index (χ2n) is 6.68. The number of benzene rings is 2. The van der Waals surface area contributed by atoms with Gasteiger partial charge in [-0.05, 0) is 49.7 Å². The highest BCUT2D eigenvalue weighted by atomic mass is 16.5. The summed E-state index contributed by atoms with van der Waals surface area (Å²) < 4.78 is 7.70. The molecule has 0 radical (unpaired) electrons. The van der Waals surface area contributed by atoms with E-state index in [0.717, 1.165) is 42.9 Å². The molecule has 0 aliphatic carbocycles. The van der Waals surface area contributed by atoms with Gasteiger partial charge in [0.15, 0.2) is 6.61 Å². The minimum absolute atomic E-state index is 0.0182. The number of hydrogen-bond donors (Lipinski definition) is 2. The molecule has 6 nitrogen and oxygen atoms in total. The molecule has 1 amide bonds. The van der Waals surface area contributed by atoms with E-state index in [1.54, 1.807) is 6.20 Å². The van der Waals surface area contributed by atoms with Gasteiger partial charge in [0, 0.05) is 31.2 Å². The number of carbonyl (C=O) groups is 1. The molecule has 0 saturated carbocycles. The summed E-state index contributed by atoms with van der Waals surface area (Å²) in [6, 6.07) is 15.5. The number of anilines is 1. The third-order valence-electron chi connectivity index (χ3n) is 4.26. The summed E-state index contributed by atoms with van der Waals surface area (Å²) in [7, 11) is 0. The number of ether oxygens (including phenoxy) is 1. The zero-order valence-corrected chi connectivity index (χ0v) is 16.1. The summed E-state index contributed by atoms with van der Waals surface area (Å²) in [5.74, 6) is 0.517. The Morgan fingerprint density at radius 3 is 2.82 bits per heavy atom. The maximum atomic E-state index is 12.0. The van der Waals surface area contributed by atoms with E-state index >= 15 is 0 Å². The van der Waals surface area contributed by atoms with Crippen LogP contribution in [0.5, 0.6) is 5.75 Å². The van der Waals surface area contributed by atoms with Crippen LogP contribution in [0.15, 0.2) is 67.3 Å². The van der Waals surface area contributed by atoms with E-state index in [0.29, 0.717) is 5.75 Å². The van der Waals surface area contributed by atoms with E-state index in [1.165, 1.54) is 0 Å². The highest BCUT2D eigenvalue weighted by Gasteiger charge is 2.04. The summed E-state index contributed by atoms with van der Waals surface area (Å²) in [5, 5.41) is 6.26. The molecule has 28 heavy (non-hydrogen) atoms. The Balaban J connectivity index is 1.37. The van der Waals surface area contributed by atoms with Crippen molar-refractivity contribution in [3.05, 3.63) is 78.4 Å². The summed E-state index contributed by atoms with van der Waals surface area (Å²) >= 11 is 0. The first-order chi connectivity index (χ1) is 13.7. The van der Waals surface area contributed by atoms with Crippen LogP contribution in [0, 0.1) is 6.92 Å². The Hall–Kier alpha value is -3.12. The van der Waals surface area contributed by atoms with Gasteiger partial charge in [-0.3, -0.25) is 4.79 Å². The van der Waals surface area contributed by atoms with Gasteiger partial charge in [-0.25, -0.2) is 4.98 Å². The number of imidazole rings is 1. The molecule has 6 heteroatoms. The van der Waals surface area contributed by atoms with Gasteiger partial charge in [0.2, 0.25) is 0 Å². The molecule has 0 atom stereocenters. The standard InChI is InChI=1S/C22H26N4O2/c1-18-6-8-20(9-7-18)25-22(27)16-28-21-5-2-4-19(14-21)15-23-10-3-12-26-13-11-24-17-26/h2,4-9,11,13-14,17,23H,3,10,12,15-16H2,1H3,(H,25,27). The summed E-state index contributed by atoms with van der Waals surface area (Å²) in [4.78, 5) is 16.1. The highest BCUT2D eigenvalue weighted by molar-refractivity contribution is 5.91. The van der Waals surface area contributed by atoms with Crippen LogP contribution in [0.3, 0.4) is 0 Å². The van der Waals surface area contributed by atoms with E-state index < -0.39 is 0 Å². The van der Waals surface area contributed by atoms with Crippen LogP contribution in [0.25, 0.3) is 0 Å². The molecule has 1 aromatic heterocycles. The van der Waals surface area contributed by atoms with Crippen LogP contribution in [0.1, 0.15) is 17.5 Å². The summed E-state index contributed by atoms with van der Waals surface area (Å²) in [6.45, 7) is 4.62. The number of nitrogens with zero attached hydrogens (tertiary/aromatic N) is 2. The molecule has 0 aliphatic heterocycles. The van der Waals surface area contributed by atoms with Crippen LogP contribution in [0.4, 0.5) is 5.69 Å². The van der Waals surface area contributed by atoms with Crippen LogP contribution in [-0.4, -0.2) is 28.6 Å². The fourth-order valence-electron chi connectivity index (χ4n) is 2.77. The lowest BCUT2D eigenvalue weighted by molar-refractivity contribution is -0.118. The van der Waals surface area contributed by atoms with Gasteiger partial charge in [-0.15, -0.1) is 0 Å². The fourth-order valence-corrected chi connectivity index (χ4v) is 2.77. The van der Waals surface area contributed by atoms with Gasteiger partial charge in [-0.2, -0.15) is 0 Å². The van der Waals surface area contributed by atoms with Crippen molar-refractivity contribution in [3.63, 3.8) is 0 Å². The molecule has 146 valence electrons. The third-order valence-corrected chi connectivity index (χ3v) is 4.26. The highest BCUT2D eigenvalue weighted by Crippen LogP contribution is 2.14. The van der Waals surface area contributed by atoms with Crippen molar-refractivity contribution < 1.29 is 9.53 Å². The van der Waals surface area contributed by atoms with Gasteiger partial charge in [-0.1, -0.05) is 29.8 Å². The Kier molecular flexibility index (Phi) is 7.21. The predicted octanol–water partition coefficient (Wildman–Crippen LogP) is 3.39. The van der Waals surface area contributed by atoms with Gasteiger partial charge in [0.25, 0.3) is 5.91 Å². The van der Waals surface area contributed by atoms with E-state index in [9.17, 15) is 4.79 Å². The lowest BCUT2D eigenvalue weighted by atomic mass is 10.2. The molecule has 0 unspecified atom stereocenters. The molecule has 0 fully saturated rings. The number of hydrogen-bond acceptors (Lipinski definition) is 4. The van der Waals surface area contributed by atoms with Crippen molar-refractivity contribution in [2.24, 2.45) is 0 Å². The Labute approximate surface area is 165 Å². The Morgan fingerprint density at radius 2 is 2.04 bits per heavy atom. The summed E-state index contributed by atoms with van der Waals surface area (Å²) in [6.07, 6.45) is 6.62. The maximum Gasteiger partial charge on any atom is 0.262 e. The van der Waals surface area contributed by atoms with Crippen LogP contribution in [0.2, 0.25) is 0 Å². The first-order valence-corrected chi connectivity index (χ1v) is 9.44. The van der Waals surface area contributed by atoms with Crippen LogP contribution < -0.4 is 15.4 Å². The molecule has 2 aromatic carbocycles. The largest absolute Gasteiger partial charge is 0.484 e. The molecule has 3 aromatic rings. The lowest BCUT2D eigenvalue weighted by Gasteiger charge is -2.10. The number of aryl methyl sites for hydroxylation is 2. The van der Waals surface area contributed by atoms with E-state index in [1.807, 2.05) is 68.0 Å². The number of aromatic nitrogens is 2. The molecule has 1 heterocycles. The van der Waals surface area contributed by atoms with E-state index in [4.69, 9.17) is 4.74 Å². The number of rotatable bonds is 10. The lowest BCUT2D eigenvalue weighted by Crippen LogP contribution is -2.20. The summed E-state index contributed by atoms with van der Waals surface area (Å²) in [5.41, 5.74) is 3.05. The zero-order valence-electron chi connectivity index (χ0n) is 16.1. The van der Waals surface area contributed by atoms with Crippen LogP contribution >= 0.6 is 0 Å². The van der Waals surface area contributed by atoms with E-state index in [-0.39, 0.29) is 12.5 Å². The number of nitrogens with one attached hydrogen (secondary N) is 2. The molecular weight excluding hydrogens is 352 g/mol. The van der Waals surface area contributed by atoms with Crippen molar-refractivity contribution in [3.8, 4) is 5.75 Å². The van der Waals surface area contributed by atoms with Crippen molar-refractivity contribution in [1.29, 1.82) is 0 Å². The Bertz CT molecular complexity index is 861. The normalized spacial score (nSPS) is 10.6. The second-order valence-corrected chi connectivity index (χ2v) is 6.68. The zero-order chi connectivity index (χ0) is 19.6. The van der Waals surface area contributed by atoms with Crippen molar-refractivity contribution in [2.75, 3.05) is 18.5 Å². The van der Waals surface area contributed by atoms with Gasteiger partial charge >= 0.3 is 0 Å². The molecule has 2 N–H and O–H groups in total. The molecule has 3 rings (SSSR count). The van der Waals surface area contributed by atoms with E-state index in [2.05, 4.69) is 20.2 Å². The molecule has 0 saturated heterocycles. The van der Waals surface area contributed by atoms with Gasteiger partial charge < -0.3 is 19.9 Å². The predicted molar refractivity (Wildman–Crippen MR) is 110 cm³/mol. The number of amides is 1. The number of carbonyl (C=O) groups excluding carboxylic acids is 1. The average molecular weight is 378 g/mol. The molecule has 0 spiro atoms. The average Bonchev–Trinajstić information content (AvgIpc) is 3.22. The topological polar surface area (TPSA) is 68.2 Å². The SMILES string of the molecule is Cc1ccc(NC(=O)COc2cccc(CNCCCn3ccnc3)c2)cc1. The minimum Gasteiger partial charge on any atom is -0.484 e. The van der Waals surface area contributed by atoms with Crippen LogP contribution in [-0.2, 0) is 17.9 Å². The monoisotopic (exact) mass is 378 g/mol.